The molecule has 0 aliphatic carbocycles. The SMILES string of the molecule is COC(c1nc(Cl)c(C(C)C)c(Cl)n1)C(C)C. The molecule has 0 radical (unpaired) electrons. The molecule has 1 atom stereocenters. The van der Waals surface area contributed by atoms with Crippen LogP contribution < -0.4 is 0 Å². The van der Waals surface area contributed by atoms with Gasteiger partial charge in [0.15, 0.2) is 5.82 Å². The molecule has 0 fully saturated rings. The zero-order valence-corrected chi connectivity index (χ0v) is 12.3. The quantitative estimate of drug-likeness (QED) is 0.772. The fraction of sp³-hybridized carbons (Fsp3) is 0.667. The van der Waals surface area contributed by atoms with Crippen molar-refractivity contribution in [2.24, 2.45) is 5.92 Å². The van der Waals surface area contributed by atoms with Gasteiger partial charge in [-0.25, -0.2) is 9.97 Å². The van der Waals surface area contributed by atoms with Gasteiger partial charge in [-0.05, 0) is 11.8 Å². The van der Waals surface area contributed by atoms with Crippen LogP contribution in [0.5, 0.6) is 0 Å². The zero-order valence-electron chi connectivity index (χ0n) is 10.8. The number of rotatable bonds is 4. The number of methoxy groups -OCH3 is 1. The van der Waals surface area contributed by atoms with Crippen molar-refractivity contribution >= 4 is 23.2 Å². The zero-order chi connectivity index (χ0) is 13.2. The summed E-state index contributed by atoms with van der Waals surface area (Å²) < 4.78 is 5.37. The van der Waals surface area contributed by atoms with Crippen molar-refractivity contribution < 1.29 is 4.74 Å². The van der Waals surface area contributed by atoms with Gasteiger partial charge in [0.05, 0.1) is 0 Å². The van der Waals surface area contributed by atoms with E-state index < -0.39 is 0 Å². The molecule has 0 bridgehead atoms. The summed E-state index contributed by atoms with van der Waals surface area (Å²) in [6.45, 7) is 8.09. The van der Waals surface area contributed by atoms with Gasteiger partial charge in [0, 0.05) is 12.7 Å². The standard InChI is InChI=1S/C12H18Cl2N2O/c1-6(2)8-10(13)15-12(16-11(8)14)9(17-5)7(3)4/h6-7,9H,1-5H3. The lowest BCUT2D eigenvalue weighted by Gasteiger charge is -2.19. The summed E-state index contributed by atoms with van der Waals surface area (Å²) in [5.41, 5.74) is 0.788. The molecule has 5 heteroatoms. The third kappa shape index (κ3) is 3.30. The van der Waals surface area contributed by atoms with Gasteiger partial charge in [0.1, 0.15) is 16.4 Å². The van der Waals surface area contributed by atoms with E-state index in [1.54, 1.807) is 7.11 Å². The molecule has 0 saturated heterocycles. The van der Waals surface area contributed by atoms with Crippen molar-refractivity contribution in [3.63, 3.8) is 0 Å². The molecule has 1 unspecified atom stereocenters. The van der Waals surface area contributed by atoms with Gasteiger partial charge in [-0.1, -0.05) is 50.9 Å². The van der Waals surface area contributed by atoms with E-state index in [1.165, 1.54) is 0 Å². The molecule has 1 aromatic rings. The van der Waals surface area contributed by atoms with Crippen molar-refractivity contribution in [3.05, 3.63) is 21.7 Å². The Kier molecular flexibility index (Phi) is 5.17. The van der Waals surface area contributed by atoms with E-state index >= 15 is 0 Å². The molecular formula is C12H18Cl2N2O. The van der Waals surface area contributed by atoms with Crippen LogP contribution in [0.25, 0.3) is 0 Å². The van der Waals surface area contributed by atoms with Crippen molar-refractivity contribution in [2.75, 3.05) is 7.11 Å². The Morgan fingerprint density at radius 3 is 1.76 bits per heavy atom. The predicted octanol–water partition coefficient (Wildman–Crippen LogP) is 4.25. The van der Waals surface area contributed by atoms with E-state index in [-0.39, 0.29) is 17.9 Å². The minimum Gasteiger partial charge on any atom is -0.373 e. The van der Waals surface area contributed by atoms with Gasteiger partial charge < -0.3 is 4.74 Å². The molecule has 17 heavy (non-hydrogen) atoms. The molecule has 1 heterocycles. The lowest BCUT2D eigenvalue weighted by Crippen LogP contribution is -2.14. The molecule has 1 aromatic heterocycles. The second kappa shape index (κ2) is 5.98. The van der Waals surface area contributed by atoms with Crippen LogP contribution in [-0.4, -0.2) is 17.1 Å². The average Bonchev–Trinajstić information content (AvgIpc) is 2.15. The maximum atomic E-state index is 6.14. The number of aromatic nitrogens is 2. The van der Waals surface area contributed by atoms with E-state index in [0.717, 1.165) is 5.56 Å². The summed E-state index contributed by atoms with van der Waals surface area (Å²) in [7, 11) is 1.63. The Bertz CT molecular complexity index is 371. The summed E-state index contributed by atoms with van der Waals surface area (Å²) in [4.78, 5) is 8.59. The van der Waals surface area contributed by atoms with Crippen molar-refractivity contribution in [3.8, 4) is 0 Å². The molecule has 0 aromatic carbocycles. The van der Waals surface area contributed by atoms with Crippen LogP contribution in [0.4, 0.5) is 0 Å². The van der Waals surface area contributed by atoms with Crippen LogP contribution in [0.2, 0.25) is 10.3 Å². The first-order valence-electron chi connectivity index (χ1n) is 5.64. The lowest BCUT2D eigenvalue weighted by molar-refractivity contribution is 0.0574. The smallest absolute Gasteiger partial charge is 0.160 e. The molecule has 1 rings (SSSR count). The summed E-state index contributed by atoms with van der Waals surface area (Å²) in [6.07, 6.45) is -0.189. The highest BCUT2D eigenvalue weighted by atomic mass is 35.5. The number of hydrogen-bond acceptors (Lipinski definition) is 3. The normalized spacial score (nSPS) is 13.5. The molecule has 0 aliphatic rings. The van der Waals surface area contributed by atoms with Gasteiger partial charge in [0.25, 0.3) is 0 Å². The van der Waals surface area contributed by atoms with Crippen LogP contribution in [0, 0.1) is 5.92 Å². The minimum atomic E-state index is -0.189. The fourth-order valence-electron chi connectivity index (χ4n) is 1.71. The largest absolute Gasteiger partial charge is 0.373 e. The Morgan fingerprint density at radius 2 is 1.47 bits per heavy atom. The molecule has 0 saturated carbocycles. The van der Waals surface area contributed by atoms with Gasteiger partial charge in [-0.3, -0.25) is 0 Å². The van der Waals surface area contributed by atoms with E-state index in [2.05, 4.69) is 9.97 Å². The van der Waals surface area contributed by atoms with Crippen LogP contribution >= 0.6 is 23.2 Å². The third-order valence-corrected chi connectivity index (χ3v) is 3.14. The third-order valence-electron chi connectivity index (χ3n) is 2.56. The van der Waals surface area contributed by atoms with Crippen LogP contribution in [0.1, 0.15) is 51.1 Å². The lowest BCUT2D eigenvalue weighted by atomic mass is 10.1. The van der Waals surface area contributed by atoms with Gasteiger partial charge in [0.2, 0.25) is 0 Å². The molecule has 0 aliphatic heterocycles. The van der Waals surface area contributed by atoms with Crippen LogP contribution in [0.3, 0.4) is 0 Å². The monoisotopic (exact) mass is 276 g/mol. The van der Waals surface area contributed by atoms with Crippen molar-refractivity contribution in [1.82, 2.24) is 9.97 Å². The Hall–Kier alpha value is -0.380. The van der Waals surface area contributed by atoms with Crippen LogP contribution in [-0.2, 0) is 4.74 Å². The highest BCUT2D eigenvalue weighted by Crippen LogP contribution is 2.31. The minimum absolute atomic E-state index is 0.189. The van der Waals surface area contributed by atoms with E-state index in [1.807, 2.05) is 27.7 Å². The number of nitrogens with zero attached hydrogens (tertiary/aromatic N) is 2. The number of halogens is 2. The summed E-state index contributed by atoms with van der Waals surface area (Å²) in [5.74, 6) is 1.00. The fourth-order valence-corrected chi connectivity index (χ4v) is 2.55. The van der Waals surface area contributed by atoms with Crippen molar-refractivity contribution in [1.29, 1.82) is 0 Å². The highest BCUT2D eigenvalue weighted by molar-refractivity contribution is 6.34. The molecular weight excluding hydrogens is 259 g/mol. The van der Waals surface area contributed by atoms with Crippen LogP contribution in [0.15, 0.2) is 0 Å². The molecule has 0 amide bonds. The summed E-state index contributed by atoms with van der Waals surface area (Å²) in [6, 6.07) is 0. The molecule has 3 nitrogen and oxygen atoms in total. The summed E-state index contributed by atoms with van der Waals surface area (Å²) in [5, 5.41) is 0.829. The highest BCUT2D eigenvalue weighted by Gasteiger charge is 2.22. The van der Waals surface area contributed by atoms with Gasteiger partial charge in [-0.15, -0.1) is 0 Å². The van der Waals surface area contributed by atoms with E-state index in [9.17, 15) is 0 Å². The number of ether oxygens (including phenoxy) is 1. The maximum absolute atomic E-state index is 6.14. The Morgan fingerprint density at radius 1 is 1.00 bits per heavy atom. The maximum Gasteiger partial charge on any atom is 0.160 e. The first-order valence-corrected chi connectivity index (χ1v) is 6.39. The second-order valence-electron chi connectivity index (χ2n) is 4.63. The first kappa shape index (κ1) is 14.7. The Balaban J connectivity index is 3.22. The molecule has 0 spiro atoms. The van der Waals surface area contributed by atoms with Crippen molar-refractivity contribution in [2.45, 2.75) is 39.7 Å². The molecule has 96 valence electrons. The topological polar surface area (TPSA) is 35.0 Å². The van der Waals surface area contributed by atoms with Gasteiger partial charge in [-0.2, -0.15) is 0 Å². The first-order chi connectivity index (χ1) is 7.88. The Labute approximate surface area is 113 Å². The molecule has 0 N–H and O–H groups in total. The average molecular weight is 277 g/mol. The summed E-state index contributed by atoms with van der Waals surface area (Å²) >= 11 is 12.3. The predicted molar refractivity (Wildman–Crippen MR) is 70.7 cm³/mol. The number of hydrogen-bond donors (Lipinski definition) is 0. The van der Waals surface area contributed by atoms with Gasteiger partial charge >= 0.3 is 0 Å². The van der Waals surface area contributed by atoms with E-state index in [4.69, 9.17) is 27.9 Å². The van der Waals surface area contributed by atoms with E-state index in [0.29, 0.717) is 16.1 Å². The second-order valence-corrected chi connectivity index (χ2v) is 5.35.